The summed E-state index contributed by atoms with van der Waals surface area (Å²) in [5.74, 6) is -2.17. The van der Waals surface area contributed by atoms with Crippen LogP contribution in [0.4, 0.5) is 8.78 Å². The molecule has 0 spiro atoms. The van der Waals surface area contributed by atoms with Gasteiger partial charge in [-0.25, -0.2) is 22.6 Å². The molecule has 6 nitrogen and oxygen atoms in total. The molecule has 0 radical (unpaired) electrons. The Kier molecular flexibility index (Phi) is 6.15. The average Bonchev–Trinajstić information content (AvgIpc) is 2.70. The molecule has 3 rings (SSSR count). The lowest BCUT2D eigenvalue weighted by Crippen LogP contribution is -2.35. The number of carbonyl (C=O) groups excluding carboxylic acids is 1. The van der Waals surface area contributed by atoms with Crippen LogP contribution in [-0.4, -0.2) is 37.9 Å². The Morgan fingerprint density at radius 1 is 1.07 bits per heavy atom. The summed E-state index contributed by atoms with van der Waals surface area (Å²) in [7, 11) is -3.66. The van der Waals surface area contributed by atoms with Gasteiger partial charge in [-0.3, -0.25) is 4.79 Å². The van der Waals surface area contributed by atoms with Gasteiger partial charge < -0.3 is 0 Å². The minimum absolute atomic E-state index is 0.00290. The standard InChI is InChI=1S/C19H19F2N3O3S/c20-16-8-7-15(18(21)12-16)13-22-23-19(25)14-5-4-6-17(11-14)28(26,27)24-9-2-1-3-10-24/h4-8,11-13H,1-3,9-10H2,(H,23,25)/b22-13+. The van der Waals surface area contributed by atoms with Crippen LogP contribution in [0.1, 0.15) is 35.2 Å². The number of nitrogens with zero attached hydrogens (tertiary/aromatic N) is 2. The molecular formula is C19H19F2N3O3S. The molecule has 1 N–H and O–H groups in total. The van der Waals surface area contributed by atoms with Crippen molar-refractivity contribution in [2.75, 3.05) is 13.1 Å². The smallest absolute Gasteiger partial charge is 0.267 e. The first-order valence-electron chi connectivity index (χ1n) is 8.76. The molecule has 1 aliphatic rings. The zero-order chi connectivity index (χ0) is 20.1. The van der Waals surface area contributed by atoms with Crippen molar-refractivity contribution in [3.63, 3.8) is 0 Å². The molecule has 28 heavy (non-hydrogen) atoms. The highest BCUT2D eigenvalue weighted by atomic mass is 32.2. The van der Waals surface area contributed by atoms with E-state index in [0.29, 0.717) is 19.2 Å². The van der Waals surface area contributed by atoms with Gasteiger partial charge in [-0.15, -0.1) is 0 Å². The summed E-state index contributed by atoms with van der Waals surface area (Å²) in [6.45, 7) is 0.929. The zero-order valence-corrected chi connectivity index (χ0v) is 15.8. The third-order valence-electron chi connectivity index (χ3n) is 4.38. The summed E-state index contributed by atoms with van der Waals surface area (Å²) in [6, 6.07) is 8.63. The number of piperidine rings is 1. The number of benzene rings is 2. The first-order chi connectivity index (χ1) is 13.4. The van der Waals surface area contributed by atoms with Crippen LogP contribution in [-0.2, 0) is 10.0 Å². The van der Waals surface area contributed by atoms with Gasteiger partial charge in [0.1, 0.15) is 11.6 Å². The van der Waals surface area contributed by atoms with E-state index in [1.54, 1.807) is 0 Å². The van der Waals surface area contributed by atoms with Crippen molar-refractivity contribution in [2.24, 2.45) is 5.10 Å². The number of halogens is 2. The van der Waals surface area contributed by atoms with Crippen LogP contribution in [0.2, 0.25) is 0 Å². The van der Waals surface area contributed by atoms with Crippen LogP contribution >= 0.6 is 0 Å². The van der Waals surface area contributed by atoms with E-state index in [0.717, 1.165) is 31.5 Å². The Morgan fingerprint density at radius 2 is 1.82 bits per heavy atom. The molecule has 1 heterocycles. The van der Waals surface area contributed by atoms with Crippen molar-refractivity contribution >= 4 is 22.1 Å². The third kappa shape index (κ3) is 4.60. The van der Waals surface area contributed by atoms with Gasteiger partial charge in [-0.2, -0.15) is 9.41 Å². The van der Waals surface area contributed by atoms with Crippen LogP contribution in [0.15, 0.2) is 52.5 Å². The summed E-state index contributed by atoms with van der Waals surface area (Å²) in [5.41, 5.74) is 2.32. The van der Waals surface area contributed by atoms with Gasteiger partial charge in [0.2, 0.25) is 10.0 Å². The summed E-state index contributed by atoms with van der Waals surface area (Å²) < 4.78 is 53.3. The van der Waals surface area contributed by atoms with Gasteiger partial charge in [0.25, 0.3) is 5.91 Å². The van der Waals surface area contributed by atoms with Crippen LogP contribution in [0.3, 0.4) is 0 Å². The molecule has 1 aliphatic heterocycles. The summed E-state index contributed by atoms with van der Waals surface area (Å²) in [4.78, 5) is 12.3. The molecule has 1 amide bonds. The van der Waals surface area contributed by atoms with E-state index in [1.807, 2.05) is 0 Å². The Labute approximate surface area is 161 Å². The van der Waals surface area contributed by atoms with Gasteiger partial charge in [0.15, 0.2) is 0 Å². The Balaban J connectivity index is 1.72. The van der Waals surface area contributed by atoms with Gasteiger partial charge in [-0.1, -0.05) is 12.5 Å². The number of carbonyl (C=O) groups is 1. The minimum Gasteiger partial charge on any atom is -0.267 e. The van der Waals surface area contributed by atoms with E-state index in [9.17, 15) is 22.0 Å². The highest BCUT2D eigenvalue weighted by Crippen LogP contribution is 2.21. The first-order valence-corrected chi connectivity index (χ1v) is 10.2. The highest BCUT2D eigenvalue weighted by Gasteiger charge is 2.26. The summed E-state index contributed by atoms with van der Waals surface area (Å²) in [5, 5.41) is 3.64. The van der Waals surface area contributed by atoms with Gasteiger partial charge in [0.05, 0.1) is 11.1 Å². The SMILES string of the molecule is O=C(N/N=C/c1ccc(F)cc1F)c1cccc(S(=O)(=O)N2CCCCC2)c1. The maximum atomic E-state index is 13.5. The van der Waals surface area contributed by atoms with Crippen molar-refractivity contribution in [3.05, 3.63) is 65.2 Å². The topological polar surface area (TPSA) is 78.8 Å². The van der Waals surface area contributed by atoms with E-state index >= 15 is 0 Å². The van der Waals surface area contributed by atoms with Crippen molar-refractivity contribution in [1.82, 2.24) is 9.73 Å². The lowest BCUT2D eigenvalue weighted by atomic mass is 10.2. The Hall–Kier alpha value is -2.65. The van der Waals surface area contributed by atoms with Gasteiger partial charge >= 0.3 is 0 Å². The second-order valence-electron chi connectivity index (χ2n) is 6.36. The van der Waals surface area contributed by atoms with Crippen molar-refractivity contribution in [3.8, 4) is 0 Å². The number of sulfonamides is 1. The van der Waals surface area contributed by atoms with Crippen molar-refractivity contribution < 1.29 is 22.0 Å². The molecule has 0 unspecified atom stereocenters. The maximum absolute atomic E-state index is 13.5. The molecule has 0 saturated carbocycles. The van der Waals surface area contributed by atoms with Crippen molar-refractivity contribution in [1.29, 1.82) is 0 Å². The van der Waals surface area contributed by atoms with E-state index in [1.165, 1.54) is 34.6 Å². The van der Waals surface area contributed by atoms with E-state index in [-0.39, 0.29) is 16.0 Å². The number of amides is 1. The summed E-state index contributed by atoms with van der Waals surface area (Å²) in [6.07, 6.45) is 3.67. The monoisotopic (exact) mass is 407 g/mol. The molecule has 1 fully saturated rings. The number of nitrogens with one attached hydrogen (secondary N) is 1. The van der Waals surface area contributed by atoms with Gasteiger partial charge in [-0.05, 0) is 43.2 Å². The second-order valence-corrected chi connectivity index (χ2v) is 8.30. The highest BCUT2D eigenvalue weighted by molar-refractivity contribution is 7.89. The fourth-order valence-corrected chi connectivity index (χ4v) is 4.45. The molecule has 0 atom stereocenters. The van der Waals surface area contributed by atoms with Gasteiger partial charge in [0, 0.05) is 30.3 Å². The second kappa shape index (κ2) is 8.57. The number of hydrogen-bond donors (Lipinski definition) is 1. The minimum atomic E-state index is -3.66. The lowest BCUT2D eigenvalue weighted by Gasteiger charge is -2.25. The zero-order valence-electron chi connectivity index (χ0n) is 14.9. The van der Waals surface area contributed by atoms with Crippen LogP contribution in [0.25, 0.3) is 0 Å². The van der Waals surface area contributed by atoms with Crippen LogP contribution in [0, 0.1) is 11.6 Å². The first kappa shape index (κ1) is 20.1. The molecule has 9 heteroatoms. The molecule has 0 aliphatic carbocycles. The van der Waals surface area contributed by atoms with Crippen molar-refractivity contribution in [2.45, 2.75) is 24.2 Å². The largest absolute Gasteiger partial charge is 0.271 e. The van der Waals surface area contributed by atoms with E-state index in [4.69, 9.17) is 0 Å². The van der Waals surface area contributed by atoms with E-state index < -0.39 is 27.6 Å². The van der Waals surface area contributed by atoms with E-state index in [2.05, 4.69) is 10.5 Å². The molecule has 0 aromatic heterocycles. The third-order valence-corrected chi connectivity index (χ3v) is 6.28. The average molecular weight is 407 g/mol. The Morgan fingerprint density at radius 3 is 2.54 bits per heavy atom. The predicted octanol–water partition coefficient (Wildman–Crippen LogP) is 2.90. The fourth-order valence-electron chi connectivity index (χ4n) is 2.88. The molecule has 2 aromatic carbocycles. The number of rotatable bonds is 5. The Bertz CT molecular complexity index is 1000. The predicted molar refractivity (Wildman–Crippen MR) is 100 cm³/mol. The lowest BCUT2D eigenvalue weighted by molar-refractivity contribution is 0.0955. The summed E-state index contributed by atoms with van der Waals surface area (Å²) >= 11 is 0. The number of hydrogen-bond acceptors (Lipinski definition) is 4. The molecule has 0 bridgehead atoms. The molecule has 1 saturated heterocycles. The van der Waals surface area contributed by atoms with Crippen LogP contribution in [0.5, 0.6) is 0 Å². The number of hydrazone groups is 1. The fraction of sp³-hybridized carbons (Fsp3) is 0.263. The van der Waals surface area contributed by atoms with Crippen LogP contribution < -0.4 is 5.43 Å². The maximum Gasteiger partial charge on any atom is 0.271 e. The molecule has 2 aromatic rings. The quantitative estimate of drug-likeness (QED) is 0.612. The molecular weight excluding hydrogens is 388 g/mol. The molecule has 148 valence electrons. The normalized spacial score (nSPS) is 15.6.